The summed E-state index contributed by atoms with van der Waals surface area (Å²) >= 11 is 0. The Balaban J connectivity index is 1.50. The lowest BCUT2D eigenvalue weighted by Crippen LogP contribution is -2.49. The van der Waals surface area contributed by atoms with Crippen molar-refractivity contribution in [3.05, 3.63) is 0 Å². The van der Waals surface area contributed by atoms with Gasteiger partial charge in [-0.1, -0.05) is 38.5 Å². The second kappa shape index (κ2) is 8.16. The van der Waals surface area contributed by atoms with Crippen LogP contribution in [0, 0.1) is 11.8 Å². The topological polar surface area (TPSA) is 49.4 Å². The maximum atomic E-state index is 12.7. The minimum absolute atomic E-state index is 0.0122. The molecule has 1 N–H and O–H groups in total. The smallest absolute Gasteiger partial charge is 0.225 e. The van der Waals surface area contributed by atoms with E-state index in [0.29, 0.717) is 18.5 Å². The van der Waals surface area contributed by atoms with Gasteiger partial charge in [-0.2, -0.15) is 0 Å². The molecule has 23 heavy (non-hydrogen) atoms. The molecule has 0 aromatic rings. The van der Waals surface area contributed by atoms with Gasteiger partial charge in [0, 0.05) is 25.0 Å². The molecule has 130 valence electrons. The molecule has 4 heteroatoms. The van der Waals surface area contributed by atoms with Gasteiger partial charge < -0.3 is 10.2 Å². The van der Waals surface area contributed by atoms with Crippen LogP contribution in [0.15, 0.2) is 0 Å². The molecule has 2 amide bonds. The number of hydrogen-bond donors (Lipinski definition) is 1. The Morgan fingerprint density at radius 1 is 0.739 bits per heavy atom. The van der Waals surface area contributed by atoms with Crippen molar-refractivity contribution in [2.45, 2.75) is 83.1 Å². The standard InChI is InChI=1S/C19H32N2O2/c22-18(20-17-11-5-2-6-12-17)16-10-7-13-21(14-16)19(23)15-8-3-1-4-9-15/h15-17H,1-14H2,(H,20,22). The molecule has 2 aliphatic carbocycles. The molecule has 4 nitrogen and oxygen atoms in total. The minimum Gasteiger partial charge on any atom is -0.353 e. The SMILES string of the molecule is O=C(NC1CCCCC1)C1CCCN(C(=O)C2CCCCC2)C1. The Kier molecular flexibility index (Phi) is 5.96. The molecule has 3 fully saturated rings. The molecule has 0 aromatic heterocycles. The largest absolute Gasteiger partial charge is 0.353 e. The van der Waals surface area contributed by atoms with Crippen molar-refractivity contribution in [3.8, 4) is 0 Å². The Bertz CT molecular complexity index is 412. The number of nitrogens with one attached hydrogen (secondary N) is 1. The van der Waals surface area contributed by atoms with E-state index in [9.17, 15) is 9.59 Å². The van der Waals surface area contributed by atoms with Gasteiger partial charge in [-0.05, 0) is 38.5 Å². The van der Waals surface area contributed by atoms with E-state index in [1.165, 1.54) is 38.5 Å². The molecule has 1 saturated heterocycles. The summed E-state index contributed by atoms with van der Waals surface area (Å²) in [5.74, 6) is 0.750. The molecule has 2 saturated carbocycles. The van der Waals surface area contributed by atoms with Crippen LogP contribution in [0.1, 0.15) is 77.0 Å². The molecule has 3 rings (SSSR count). The van der Waals surface area contributed by atoms with Gasteiger partial charge in [0.1, 0.15) is 0 Å². The second-order valence-electron chi connectivity index (χ2n) is 7.80. The molecule has 0 spiro atoms. The van der Waals surface area contributed by atoms with Crippen molar-refractivity contribution < 1.29 is 9.59 Å². The zero-order chi connectivity index (χ0) is 16.1. The summed E-state index contributed by atoms with van der Waals surface area (Å²) in [5.41, 5.74) is 0. The number of likely N-dealkylation sites (tertiary alicyclic amines) is 1. The van der Waals surface area contributed by atoms with Crippen LogP contribution < -0.4 is 5.32 Å². The van der Waals surface area contributed by atoms with E-state index in [1.54, 1.807) is 0 Å². The first kappa shape index (κ1) is 16.8. The predicted molar refractivity (Wildman–Crippen MR) is 90.9 cm³/mol. The summed E-state index contributed by atoms with van der Waals surface area (Å²) in [6.45, 7) is 1.50. The van der Waals surface area contributed by atoms with Gasteiger partial charge in [-0.3, -0.25) is 9.59 Å². The van der Waals surface area contributed by atoms with Crippen LogP contribution in [-0.4, -0.2) is 35.8 Å². The molecule has 3 aliphatic rings. The van der Waals surface area contributed by atoms with Crippen molar-refractivity contribution >= 4 is 11.8 Å². The number of carbonyl (C=O) groups excluding carboxylic acids is 2. The number of carbonyl (C=O) groups is 2. The number of rotatable bonds is 3. The average molecular weight is 320 g/mol. The van der Waals surface area contributed by atoms with Crippen molar-refractivity contribution in [2.24, 2.45) is 11.8 Å². The summed E-state index contributed by atoms with van der Waals surface area (Å²) in [4.78, 5) is 27.3. The van der Waals surface area contributed by atoms with Gasteiger partial charge in [0.25, 0.3) is 0 Å². The molecule has 0 radical (unpaired) electrons. The number of piperidine rings is 1. The average Bonchev–Trinajstić information content (AvgIpc) is 2.63. The lowest BCUT2D eigenvalue weighted by atomic mass is 9.87. The van der Waals surface area contributed by atoms with E-state index < -0.39 is 0 Å². The third-order valence-corrected chi connectivity index (χ3v) is 6.01. The highest BCUT2D eigenvalue weighted by molar-refractivity contribution is 5.82. The monoisotopic (exact) mass is 320 g/mol. The fourth-order valence-electron chi connectivity index (χ4n) is 4.57. The molecular formula is C19H32N2O2. The lowest BCUT2D eigenvalue weighted by molar-refractivity contribution is -0.140. The molecule has 0 bridgehead atoms. The maximum Gasteiger partial charge on any atom is 0.225 e. The first-order valence-corrected chi connectivity index (χ1v) is 9.83. The predicted octanol–water partition coefficient (Wildman–Crippen LogP) is 3.25. The summed E-state index contributed by atoms with van der Waals surface area (Å²) in [5, 5.41) is 3.25. The quantitative estimate of drug-likeness (QED) is 0.868. The second-order valence-corrected chi connectivity index (χ2v) is 7.80. The van der Waals surface area contributed by atoms with Crippen molar-refractivity contribution in [1.29, 1.82) is 0 Å². The van der Waals surface area contributed by atoms with Gasteiger partial charge in [0.05, 0.1) is 5.92 Å². The van der Waals surface area contributed by atoms with Crippen LogP contribution in [0.5, 0.6) is 0 Å². The molecule has 1 unspecified atom stereocenters. The Hall–Kier alpha value is -1.06. The van der Waals surface area contributed by atoms with E-state index in [-0.39, 0.29) is 17.7 Å². The first-order chi connectivity index (χ1) is 11.2. The van der Waals surface area contributed by atoms with Crippen LogP contribution in [0.25, 0.3) is 0 Å². The number of amides is 2. The first-order valence-electron chi connectivity index (χ1n) is 9.83. The van der Waals surface area contributed by atoms with Crippen molar-refractivity contribution in [3.63, 3.8) is 0 Å². The van der Waals surface area contributed by atoms with Crippen LogP contribution in [0.4, 0.5) is 0 Å². The van der Waals surface area contributed by atoms with Crippen LogP contribution in [-0.2, 0) is 9.59 Å². The van der Waals surface area contributed by atoms with Gasteiger partial charge in [0.2, 0.25) is 11.8 Å². The molecule has 1 atom stereocenters. The Morgan fingerprint density at radius 3 is 2.04 bits per heavy atom. The zero-order valence-electron chi connectivity index (χ0n) is 14.4. The third-order valence-electron chi connectivity index (χ3n) is 6.01. The van der Waals surface area contributed by atoms with E-state index in [0.717, 1.165) is 45.1 Å². The van der Waals surface area contributed by atoms with Crippen LogP contribution >= 0.6 is 0 Å². The molecule has 1 aliphatic heterocycles. The molecule has 1 heterocycles. The Morgan fingerprint density at radius 2 is 1.35 bits per heavy atom. The fraction of sp³-hybridized carbons (Fsp3) is 0.895. The highest BCUT2D eigenvalue weighted by Gasteiger charge is 2.32. The van der Waals surface area contributed by atoms with Gasteiger partial charge in [-0.25, -0.2) is 0 Å². The van der Waals surface area contributed by atoms with Crippen molar-refractivity contribution in [1.82, 2.24) is 10.2 Å². The summed E-state index contributed by atoms with van der Waals surface area (Å²) in [6, 6.07) is 0.376. The highest BCUT2D eigenvalue weighted by Crippen LogP contribution is 2.28. The summed E-state index contributed by atoms with van der Waals surface area (Å²) < 4.78 is 0. The summed E-state index contributed by atoms with van der Waals surface area (Å²) in [7, 11) is 0. The zero-order valence-corrected chi connectivity index (χ0v) is 14.4. The van der Waals surface area contributed by atoms with Crippen molar-refractivity contribution in [2.75, 3.05) is 13.1 Å². The highest BCUT2D eigenvalue weighted by atomic mass is 16.2. The lowest BCUT2D eigenvalue weighted by Gasteiger charge is -2.36. The van der Waals surface area contributed by atoms with Crippen LogP contribution in [0.3, 0.4) is 0 Å². The molecule has 0 aromatic carbocycles. The van der Waals surface area contributed by atoms with E-state index in [2.05, 4.69) is 5.32 Å². The van der Waals surface area contributed by atoms with E-state index in [4.69, 9.17) is 0 Å². The number of nitrogens with zero attached hydrogens (tertiary/aromatic N) is 1. The summed E-state index contributed by atoms with van der Waals surface area (Å²) in [6.07, 6.45) is 13.7. The van der Waals surface area contributed by atoms with Gasteiger partial charge >= 0.3 is 0 Å². The maximum absolute atomic E-state index is 12.7. The number of hydrogen-bond acceptors (Lipinski definition) is 2. The van der Waals surface area contributed by atoms with E-state index >= 15 is 0 Å². The minimum atomic E-state index is 0.0122. The van der Waals surface area contributed by atoms with E-state index in [1.807, 2.05) is 4.90 Å². The fourth-order valence-corrected chi connectivity index (χ4v) is 4.57. The van der Waals surface area contributed by atoms with Gasteiger partial charge in [0.15, 0.2) is 0 Å². The Labute approximate surface area is 140 Å². The van der Waals surface area contributed by atoms with Crippen LogP contribution in [0.2, 0.25) is 0 Å². The third kappa shape index (κ3) is 4.48. The molecular weight excluding hydrogens is 288 g/mol. The normalized spacial score (nSPS) is 27.7. The van der Waals surface area contributed by atoms with Gasteiger partial charge in [-0.15, -0.1) is 0 Å².